The zero-order valence-electron chi connectivity index (χ0n) is 9.08. The normalized spacial score (nSPS) is 11.2. The summed E-state index contributed by atoms with van der Waals surface area (Å²) in [5, 5.41) is 0. The van der Waals surface area contributed by atoms with Crippen molar-refractivity contribution < 1.29 is 17.7 Å². The van der Waals surface area contributed by atoms with Gasteiger partial charge in [-0.05, 0) is 46.3 Å². The first-order valence-corrected chi connectivity index (χ1v) is 7.20. The first kappa shape index (κ1) is 13.1. The summed E-state index contributed by atoms with van der Waals surface area (Å²) in [7, 11) is -4.20. The van der Waals surface area contributed by atoms with Crippen molar-refractivity contribution in [2.45, 2.75) is 4.90 Å². The third kappa shape index (κ3) is 3.10. The lowest BCUT2D eigenvalue weighted by molar-refractivity contribution is 0.475. The molecule has 0 aromatic heterocycles. The number of ether oxygens (including phenoxy) is 1. The van der Waals surface area contributed by atoms with Crippen LogP contribution in [0.4, 0.5) is 0 Å². The van der Waals surface area contributed by atoms with Crippen LogP contribution < -0.4 is 4.74 Å². The molecule has 4 nitrogen and oxygen atoms in total. The average molecular weight is 329 g/mol. The van der Waals surface area contributed by atoms with Gasteiger partial charge in [-0.25, -0.2) is 0 Å². The Labute approximate surface area is 113 Å². The summed E-state index contributed by atoms with van der Waals surface area (Å²) in [6, 6.07) is 13.1. The van der Waals surface area contributed by atoms with Crippen LogP contribution in [0.1, 0.15) is 0 Å². The second kappa shape index (κ2) is 5.09. The van der Waals surface area contributed by atoms with Crippen molar-refractivity contribution in [2.75, 3.05) is 0 Å². The van der Waals surface area contributed by atoms with Crippen LogP contribution in [0, 0.1) is 0 Å². The van der Waals surface area contributed by atoms with Gasteiger partial charge in [0.2, 0.25) is 0 Å². The molecule has 0 spiro atoms. The van der Waals surface area contributed by atoms with Crippen molar-refractivity contribution in [3.05, 3.63) is 53.0 Å². The Morgan fingerprint density at radius 2 is 1.72 bits per heavy atom. The smallest absolute Gasteiger partial charge is 0.294 e. The largest absolute Gasteiger partial charge is 0.456 e. The molecule has 0 fully saturated rings. The van der Waals surface area contributed by atoms with E-state index < -0.39 is 10.1 Å². The zero-order chi connectivity index (χ0) is 13.2. The highest BCUT2D eigenvalue weighted by atomic mass is 79.9. The number of hydrogen-bond acceptors (Lipinski definition) is 3. The Hall–Kier alpha value is -1.37. The van der Waals surface area contributed by atoms with E-state index in [0.717, 1.165) is 0 Å². The number of para-hydroxylation sites is 1. The first-order chi connectivity index (χ1) is 8.47. The van der Waals surface area contributed by atoms with E-state index in [1.54, 1.807) is 12.1 Å². The van der Waals surface area contributed by atoms with Gasteiger partial charge in [0.1, 0.15) is 11.5 Å². The molecule has 0 aliphatic carbocycles. The molecule has 2 rings (SSSR count). The number of benzene rings is 2. The van der Waals surface area contributed by atoms with Gasteiger partial charge in [-0.15, -0.1) is 0 Å². The maximum atomic E-state index is 10.9. The quantitative estimate of drug-likeness (QED) is 0.876. The Kier molecular flexibility index (Phi) is 3.70. The van der Waals surface area contributed by atoms with E-state index in [-0.39, 0.29) is 4.90 Å². The third-order valence-electron chi connectivity index (χ3n) is 2.17. The molecule has 2 aromatic rings. The lowest BCUT2D eigenvalue weighted by atomic mass is 10.3. The van der Waals surface area contributed by atoms with Gasteiger partial charge in [0.05, 0.1) is 9.37 Å². The summed E-state index contributed by atoms with van der Waals surface area (Å²) in [6.45, 7) is 0. The van der Waals surface area contributed by atoms with Crippen molar-refractivity contribution in [1.82, 2.24) is 0 Å². The molecular weight excluding hydrogens is 320 g/mol. The van der Waals surface area contributed by atoms with E-state index in [2.05, 4.69) is 15.9 Å². The molecule has 0 unspecified atom stereocenters. The lowest BCUT2D eigenvalue weighted by Crippen LogP contribution is -1.98. The summed E-state index contributed by atoms with van der Waals surface area (Å²) >= 11 is 3.20. The van der Waals surface area contributed by atoms with Gasteiger partial charge in [-0.1, -0.05) is 18.2 Å². The maximum Gasteiger partial charge on any atom is 0.294 e. The molecular formula is C12H9BrO4S. The van der Waals surface area contributed by atoms with Gasteiger partial charge in [-0.2, -0.15) is 8.42 Å². The fourth-order valence-electron chi connectivity index (χ4n) is 1.34. The van der Waals surface area contributed by atoms with Gasteiger partial charge in [0.25, 0.3) is 10.1 Å². The molecule has 18 heavy (non-hydrogen) atoms. The van der Waals surface area contributed by atoms with Gasteiger partial charge in [-0.3, -0.25) is 4.55 Å². The number of hydrogen-bond donors (Lipinski definition) is 1. The summed E-state index contributed by atoms with van der Waals surface area (Å²) in [5.74, 6) is 1.10. The lowest BCUT2D eigenvalue weighted by Gasteiger charge is -2.08. The molecule has 0 bridgehead atoms. The van der Waals surface area contributed by atoms with Crippen LogP contribution in [-0.4, -0.2) is 13.0 Å². The molecule has 94 valence electrons. The number of halogens is 1. The van der Waals surface area contributed by atoms with E-state index in [9.17, 15) is 8.42 Å². The van der Waals surface area contributed by atoms with E-state index in [1.807, 2.05) is 18.2 Å². The highest BCUT2D eigenvalue weighted by Gasteiger charge is 2.12. The predicted octanol–water partition coefficient (Wildman–Crippen LogP) is 3.49. The molecule has 0 radical (unpaired) electrons. The molecule has 2 aromatic carbocycles. The first-order valence-electron chi connectivity index (χ1n) is 4.97. The minimum Gasteiger partial charge on any atom is -0.456 e. The minimum absolute atomic E-state index is 0.185. The molecule has 0 aliphatic rings. The van der Waals surface area contributed by atoms with Gasteiger partial charge in [0.15, 0.2) is 0 Å². The molecule has 0 saturated carbocycles. The zero-order valence-corrected chi connectivity index (χ0v) is 11.5. The molecule has 0 saturated heterocycles. The second-order valence-electron chi connectivity index (χ2n) is 3.48. The van der Waals surface area contributed by atoms with Crippen molar-refractivity contribution in [3.8, 4) is 11.5 Å². The van der Waals surface area contributed by atoms with Crippen LogP contribution in [0.15, 0.2) is 57.9 Å². The van der Waals surface area contributed by atoms with Crippen molar-refractivity contribution in [1.29, 1.82) is 0 Å². The van der Waals surface area contributed by atoms with E-state index in [1.165, 1.54) is 18.2 Å². The fourth-order valence-corrected chi connectivity index (χ4v) is 2.46. The summed E-state index contributed by atoms with van der Waals surface area (Å²) in [5.41, 5.74) is 0. The van der Waals surface area contributed by atoms with Crippen LogP contribution >= 0.6 is 15.9 Å². The Bertz CT molecular complexity index is 653. The number of rotatable bonds is 3. The standard InChI is InChI=1S/C12H9BrO4S/c13-11-8-10(18(14,15)16)6-7-12(11)17-9-4-2-1-3-5-9/h1-8H,(H,14,15,16). The Morgan fingerprint density at radius 3 is 2.28 bits per heavy atom. The highest BCUT2D eigenvalue weighted by Crippen LogP contribution is 2.31. The van der Waals surface area contributed by atoms with Crippen LogP contribution in [0.5, 0.6) is 11.5 Å². The summed E-state index contributed by atoms with van der Waals surface area (Å²) in [6.07, 6.45) is 0. The van der Waals surface area contributed by atoms with Crippen LogP contribution in [0.3, 0.4) is 0 Å². The van der Waals surface area contributed by atoms with E-state index >= 15 is 0 Å². The molecule has 0 atom stereocenters. The fraction of sp³-hybridized carbons (Fsp3) is 0. The maximum absolute atomic E-state index is 10.9. The van der Waals surface area contributed by atoms with E-state index in [4.69, 9.17) is 9.29 Å². The van der Waals surface area contributed by atoms with Gasteiger partial charge >= 0.3 is 0 Å². The minimum atomic E-state index is -4.20. The second-order valence-corrected chi connectivity index (χ2v) is 5.76. The molecule has 0 heterocycles. The predicted molar refractivity (Wildman–Crippen MR) is 70.5 cm³/mol. The molecule has 0 amide bonds. The SMILES string of the molecule is O=S(=O)(O)c1ccc(Oc2ccccc2)c(Br)c1. The molecule has 6 heteroatoms. The average Bonchev–Trinajstić information content (AvgIpc) is 2.32. The summed E-state index contributed by atoms with van der Waals surface area (Å²) < 4.78 is 36.8. The van der Waals surface area contributed by atoms with E-state index in [0.29, 0.717) is 16.0 Å². The third-order valence-corrected chi connectivity index (χ3v) is 3.64. The highest BCUT2D eigenvalue weighted by molar-refractivity contribution is 9.10. The topological polar surface area (TPSA) is 63.6 Å². The molecule has 1 N–H and O–H groups in total. The van der Waals surface area contributed by atoms with Gasteiger partial charge < -0.3 is 4.74 Å². The van der Waals surface area contributed by atoms with Crippen molar-refractivity contribution >= 4 is 26.0 Å². The Balaban J connectivity index is 2.32. The van der Waals surface area contributed by atoms with Crippen LogP contribution in [0.2, 0.25) is 0 Å². The van der Waals surface area contributed by atoms with Crippen LogP contribution in [0.25, 0.3) is 0 Å². The van der Waals surface area contributed by atoms with Crippen molar-refractivity contribution in [2.24, 2.45) is 0 Å². The van der Waals surface area contributed by atoms with Gasteiger partial charge in [0, 0.05) is 0 Å². The molecule has 0 aliphatic heterocycles. The van der Waals surface area contributed by atoms with Crippen molar-refractivity contribution in [3.63, 3.8) is 0 Å². The van der Waals surface area contributed by atoms with Crippen LogP contribution in [-0.2, 0) is 10.1 Å². The monoisotopic (exact) mass is 328 g/mol. The Morgan fingerprint density at radius 1 is 1.06 bits per heavy atom. The summed E-state index contributed by atoms with van der Waals surface area (Å²) in [4.78, 5) is -0.185.